The zero-order valence-corrected chi connectivity index (χ0v) is 11.2. The van der Waals surface area contributed by atoms with Gasteiger partial charge in [-0.25, -0.2) is 4.79 Å². The van der Waals surface area contributed by atoms with Crippen molar-refractivity contribution in [2.75, 3.05) is 6.61 Å². The van der Waals surface area contributed by atoms with E-state index in [1.165, 1.54) is 0 Å². The average Bonchev–Trinajstić information content (AvgIpc) is 2.33. The number of unbranched alkanes of at least 4 members (excludes halogenated alkanes) is 3. The molecule has 1 radical (unpaired) electrons. The third-order valence-electron chi connectivity index (χ3n) is 2.71. The second kappa shape index (κ2) is 7.88. The Hall–Kier alpha value is -1.35. The molecule has 0 atom stereocenters. The Kier molecular flexibility index (Phi) is 6.44. The van der Waals surface area contributed by atoms with Crippen LogP contribution >= 0.6 is 0 Å². The van der Waals surface area contributed by atoms with E-state index in [9.17, 15) is 4.79 Å². The van der Waals surface area contributed by atoms with Gasteiger partial charge in [0.25, 0.3) is 0 Å². The summed E-state index contributed by atoms with van der Waals surface area (Å²) in [6.07, 6.45) is 3.94. The molecule has 0 bridgehead atoms. The first kappa shape index (κ1) is 14.7. The van der Waals surface area contributed by atoms with Gasteiger partial charge < -0.3 is 0 Å². The molecule has 0 saturated heterocycles. The van der Waals surface area contributed by atoms with Crippen LogP contribution in [0.25, 0.3) is 0 Å². The Labute approximate surface area is 109 Å². The van der Waals surface area contributed by atoms with Crippen LogP contribution in [0.15, 0.2) is 18.2 Å². The molecule has 0 amide bonds. The van der Waals surface area contributed by atoms with E-state index in [4.69, 9.17) is 9.78 Å². The van der Waals surface area contributed by atoms with E-state index in [1.807, 2.05) is 26.0 Å². The molecule has 1 aromatic rings. The number of carbonyl (C=O) groups excluding carboxylic acids is 1. The molecule has 0 aliphatic rings. The van der Waals surface area contributed by atoms with Gasteiger partial charge in [0.1, 0.15) is 0 Å². The molecule has 0 aliphatic carbocycles. The smallest absolute Gasteiger partial charge is 0.293 e. The van der Waals surface area contributed by atoms with Crippen molar-refractivity contribution in [3.63, 3.8) is 0 Å². The van der Waals surface area contributed by atoms with E-state index in [0.717, 1.165) is 36.8 Å². The molecule has 1 rings (SSSR count). The summed E-state index contributed by atoms with van der Waals surface area (Å²) in [7, 11) is 0. The minimum atomic E-state index is -0.426. The first-order valence-electron chi connectivity index (χ1n) is 6.35. The van der Waals surface area contributed by atoms with Gasteiger partial charge in [0.05, 0.1) is 12.2 Å². The van der Waals surface area contributed by atoms with Crippen molar-refractivity contribution >= 4 is 5.97 Å². The average molecular weight is 249 g/mol. The highest BCUT2D eigenvalue weighted by Crippen LogP contribution is 2.12. The fourth-order valence-corrected chi connectivity index (χ4v) is 1.70. The summed E-state index contributed by atoms with van der Waals surface area (Å²) in [6, 6.07) is 5.60. The molecule has 0 aliphatic heterocycles. The summed E-state index contributed by atoms with van der Waals surface area (Å²) < 4.78 is 0. The molecule has 0 aromatic heterocycles. The minimum Gasteiger partial charge on any atom is -0.293 e. The molecular formula is C15H21O3. The number of hydrogen-bond donors (Lipinski definition) is 0. The van der Waals surface area contributed by atoms with Crippen molar-refractivity contribution in [3.8, 4) is 0 Å². The summed E-state index contributed by atoms with van der Waals surface area (Å²) in [5.74, 6) is -0.426. The summed E-state index contributed by atoms with van der Waals surface area (Å²) >= 11 is 0. The highest BCUT2D eigenvalue weighted by molar-refractivity contribution is 5.90. The molecule has 0 spiro atoms. The summed E-state index contributed by atoms with van der Waals surface area (Å²) in [5.41, 5.74) is 2.58. The predicted molar refractivity (Wildman–Crippen MR) is 71.1 cm³/mol. The van der Waals surface area contributed by atoms with Crippen LogP contribution in [0, 0.1) is 20.8 Å². The van der Waals surface area contributed by atoms with Crippen LogP contribution < -0.4 is 0 Å². The number of benzene rings is 1. The number of carbonyl (C=O) groups is 1. The zero-order valence-electron chi connectivity index (χ0n) is 11.2. The Morgan fingerprint density at radius 2 is 2.00 bits per heavy atom. The molecule has 99 valence electrons. The lowest BCUT2D eigenvalue weighted by Crippen LogP contribution is -2.08. The Balaban J connectivity index is 2.32. The van der Waals surface area contributed by atoms with Gasteiger partial charge in [-0.2, -0.15) is 4.89 Å². The predicted octanol–water partition coefficient (Wildman–Crippen LogP) is 3.79. The van der Waals surface area contributed by atoms with Crippen molar-refractivity contribution in [2.45, 2.75) is 39.5 Å². The number of rotatable bonds is 7. The summed E-state index contributed by atoms with van der Waals surface area (Å²) in [5, 5.41) is 0. The summed E-state index contributed by atoms with van der Waals surface area (Å²) in [6.45, 7) is 8.08. The largest absolute Gasteiger partial charge is 0.373 e. The third kappa shape index (κ3) is 4.88. The maximum Gasteiger partial charge on any atom is 0.373 e. The van der Waals surface area contributed by atoms with Gasteiger partial charge in [0, 0.05) is 0 Å². The standard InChI is InChI=1S/C15H21O3/c1-4-5-6-7-10-17-18-15(16)14-9-8-12(2)11-13(14)3/h8-9,11H,1,4-7,10H2,2-3H3. The molecule has 0 fully saturated rings. The molecule has 0 unspecified atom stereocenters. The molecule has 3 heteroatoms. The third-order valence-corrected chi connectivity index (χ3v) is 2.71. The van der Waals surface area contributed by atoms with E-state index in [0.29, 0.717) is 12.2 Å². The Bertz CT molecular complexity index is 385. The van der Waals surface area contributed by atoms with E-state index >= 15 is 0 Å². The SMILES string of the molecule is [CH2]CCCCCOOC(=O)c1ccc(C)cc1C. The highest BCUT2D eigenvalue weighted by atomic mass is 17.2. The second-order valence-corrected chi connectivity index (χ2v) is 4.43. The maximum absolute atomic E-state index is 11.7. The topological polar surface area (TPSA) is 35.5 Å². The maximum atomic E-state index is 11.7. The van der Waals surface area contributed by atoms with Gasteiger partial charge >= 0.3 is 5.97 Å². The Morgan fingerprint density at radius 1 is 1.22 bits per heavy atom. The van der Waals surface area contributed by atoms with Gasteiger partial charge in [-0.3, -0.25) is 4.89 Å². The van der Waals surface area contributed by atoms with Crippen molar-refractivity contribution in [1.29, 1.82) is 0 Å². The molecule has 3 nitrogen and oxygen atoms in total. The lowest BCUT2D eigenvalue weighted by Gasteiger charge is -2.06. The highest BCUT2D eigenvalue weighted by Gasteiger charge is 2.11. The molecule has 0 heterocycles. The fourth-order valence-electron chi connectivity index (χ4n) is 1.70. The number of aryl methyl sites for hydroxylation is 2. The van der Waals surface area contributed by atoms with Crippen LogP contribution in [-0.4, -0.2) is 12.6 Å². The van der Waals surface area contributed by atoms with E-state index < -0.39 is 5.97 Å². The van der Waals surface area contributed by atoms with Crippen LogP contribution in [0.1, 0.15) is 47.2 Å². The minimum absolute atomic E-state index is 0.426. The Morgan fingerprint density at radius 3 is 2.67 bits per heavy atom. The van der Waals surface area contributed by atoms with Gasteiger partial charge in [-0.05, 0) is 31.9 Å². The quantitative estimate of drug-likeness (QED) is 0.419. The van der Waals surface area contributed by atoms with Crippen molar-refractivity contribution in [2.24, 2.45) is 0 Å². The van der Waals surface area contributed by atoms with E-state index in [2.05, 4.69) is 6.92 Å². The molecule has 1 aromatic carbocycles. The lowest BCUT2D eigenvalue weighted by molar-refractivity contribution is -0.241. The van der Waals surface area contributed by atoms with E-state index in [-0.39, 0.29) is 0 Å². The van der Waals surface area contributed by atoms with Crippen molar-refractivity contribution in [1.82, 2.24) is 0 Å². The van der Waals surface area contributed by atoms with Gasteiger partial charge in [0.15, 0.2) is 0 Å². The van der Waals surface area contributed by atoms with Crippen LogP contribution in [0.4, 0.5) is 0 Å². The number of hydrogen-bond acceptors (Lipinski definition) is 3. The second-order valence-electron chi connectivity index (χ2n) is 4.43. The van der Waals surface area contributed by atoms with Crippen molar-refractivity contribution in [3.05, 3.63) is 41.8 Å². The monoisotopic (exact) mass is 249 g/mol. The van der Waals surface area contributed by atoms with E-state index in [1.54, 1.807) is 6.07 Å². The molecule has 0 N–H and O–H groups in total. The normalized spacial score (nSPS) is 10.4. The van der Waals surface area contributed by atoms with Gasteiger partial charge in [-0.1, -0.05) is 43.9 Å². The van der Waals surface area contributed by atoms with Crippen molar-refractivity contribution < 1.29 is 14.6 Å². The molecule has 0 saturated carbocycles. The molecular weight excluding hydrogens is 228 g/mol. The summed E-state index contributed by atoms with van der Waals surface area (Å²) in [4.78, 5) is 21.4. The molecule has 18 heavy (non-hydrogen) atoms. The van der Waals surface area contributed by atoms with Gasteiger partial charge in [-0.15, -0.1) is 0 Å². The first-order valence-corrected chi connectivity index (χ1v) is 6.35. The zero-order chi connectivity index (χ0) is 13.4. The lowest BCUT2D eigenvalue weighted by atomic mass is 10.1. The van der Waals surface area contributed by atoms with Crippen LogP contribution in [0.5, 0.6) is 0 Å². The first-order chi connectivity index (χ1) is 8.65. The fraction of sp³-hybridized carbons (Fsp3) is 0.467. The van der Waals surface area contributed by atoms with Crippen LogP contribution in [-0.2, 0) is 9.78 Å². The van der Waals surface area contributed by atoms with Crippen LogP contribution in [0.2, 0.25) is 0 Å². The van der Waals surface area contributed by atoms with Gasteiger partial charge in [0.2, 0.25) is 0 Å². The van der Waals surface area contributed by atoms with Crippen LogP contribution in [0.3, 0.4) is 0 Å².